The predicted octanol–water partition coefficient (Wildman–Crippen LogP) is 1.79. The monoisotopic (exact) mass is 335 g/mol. The molecule has 0 saturated carbocycles. The number of thiophene rings is 1. The summed E-state index contributed by atoms with van der Waals surface area (Å²) in [7, 11) is 1.77. The maximum absolute atomic E-state index is 12.1. The molecule has 9 heteroatoms. The first-order valence-electron chi connectivity index (χ1n) is 7.31. The molecule has 2 aromatic heterocycles. The normalized spacial score (nSPS) is 15.6. The minimum absolute atomic E-state index is 0.0815. The number of nitrogens with zero attached hydrogens (tertiary/aromatic N) is 4. The van der Waals surface area contributed by atoms with Crippen LogP contribution in [0.3, 0.4) is 0 Å². The molecular formula is C14H17N5O3S. The summed E-state index contributed by atoms with van der Waals surface area (Å²) in [4.78, 5) is 24.8. The zero-order chi connectivity index (χ0) is 16.4. The van der Waals surface area contributed by atoms with Gasteiger partial charge in [-0.3, -0.25) is 19.6 Å². The highest BCUT2D eigenvalue weighted by Gasteiger charge is 2.26. The van der Waals surface area contributed by atoms with E-state index in [-0.39, 0.29) is 22.6 Å². The lowest BCUT2D eigenvalue weighted by molar-refractivity contribution is -0.383. The van der Waals surface area contributed by atoms with Crippen molar-refractivity contribution in [2.45, 2.75) is 18.9 Å². The molecule has 3 heterocycles. The highest BCUT2D eigenvalue weighted by molar-refractivity contribution is 7.14. The van der Waals surface area contributed by atoms with Gasteiger partial charge in [-0.2, -0.15) is 5.10 Å². The molecule has 2 aromatic rings. The minimum Gasteiger partial charge on any atom is -0.358 e. The Morgan fingerprint density at radius 1 is 1.48 bits per heavy atom. The standard InChI is InChI=1S/C14H17N5O3S/c1-17-9-10(8-15-17)13(20)16-11-2-5-18(6-3-11)14-12(19(21)22)4-7-23-14/h4,7-9,11H,2-3,5-6H2,1H3,(H,16,20). The van der Waals surface area contributed by atoms with Crippen LogP contribution in [0.25, 0.3) is 0 Å². The molecule has 1 amide bonds. The maximum atomic E-state index is 12.1. The van der Waals surface area contributed by atoms with Crippen LogP contribution in [0, 0.1) is 10.1 Å². The Morgan fingerprint density at radius 3 is 2.83 bits per heavy atom. The number of hydrogen-bond acceptors (Lipinski definition) is 6. The fourth-order valence-electron chi connectivity index (χ4n) is 2.70. The summed E-state index contributed by atoms with van der Waals surface area (Å²) >= 11 is 1.39. The summed E-state index contributed by atoms with van der Waals surface area (Å²) in [5, 5.41) is 20.4. The number of carbonyl (C=O) groups excluding carboxylic acids is 1. The number of rotatable bonds is 4. The van der Waals surface area contributed by atoms with Crippen LogP contribution in [-0.4, -0.2) is 39.7 Å². The van der Waals surface area contributed by atoms with Crippen LogP contribution in [0.4, 0.5) is 10.7 Å². The average Bonchev–Trinajstić information content (AvgIpc) is 3.17. The number of amides is 1. The van der Waals surface area contributed by atoms with Crippen molar-refractivity contribution in [1.29, 1.82) is 0 Å². The molecule has 0 spiro atoms. The molecule has 0 aliphatic carbocycles. The molecular weight excluding hydrogens is 318 g/mol. The Hall–Kier alpha value is -2.42. The Balaban J connectivity index is 1.57. The van der Waals surface area contributed by atoms with E-state index in [0.29, 0.717) is 23.7 Å². The molecule has 3 rings (SSSR count). The van der Waals surface area contributed by atoms with E-state index in [4.69, 9.17) is 0 Å². The van der Waals surface area contributed by atoms with Crippen LogP contribution >= 0.6 is 11.3 Å². The fraction of sp³-hybridized carbons (Fsp3) is 0.429. The van der Waals surface area contributed by atoms with E-state index >= 15 is 0 Å². The van der Waals surface area contributed by atoms with Crippen LogP contribution < -0.4 is 10.2 Å². The van der Waals surface area contributed by atoms with Gasteiger partial charge >= 0.3 is 5.69 Å². The lowest BCUT2D eigenvalue weighted by Gasteiger charge is -2.32. The van der Waals surface area contributed by atoms with E-state index in [9.17, 15) is 14.9 Å². The Bertz CT molecular complexity index is 718. The number of nitrogens with one attached hydrogen (secondary N) is 1. The second kappa shape index (κ2) is 6.37. The molecule has 0 radical (unpaired) electrons. The molecule has 0 bridgehead atoms. The van der Waals surface area contributed by atoms with Crippen molar-refractivity contribution in [1.82, 2.24) is 15.1 Å². The first-order valence-corrected chi connectivity index (χ1v) is 8.19. The molecule has 8 nitrogen and oxygen atoms in total. The summed E-state index contributed by atoms with van der Waals surface area (Å²) < 4.78 is 1.59. The molecule has 0 atom stereocenters. The third-order valence-corrected chi connectivity index (χ3v) is 4.87. The second-order valence-electron chi connectivity index (χ2n) is 5.51. The van der Waals surface area contributed by atoms with Crippen molar-refractivity contribution in [3.05, 3.63) is 39.5 Å². The van der Waals surface area contributed by atoms with Crippen LogP contribution in [-0.2, 0) is 7.05 Å². The van der Waals surface area contributed by atoms with Gasteiger partial charge in [0.15, 0.2) is 5.00 Å². The van der Waals surface area contributed by atoms with E-state index in [1.807, 2.05) is 4.90 Å². The quantitative estimate of drug-likeness (QED) is 0.679. The predicted molar refractivity (Wildman–Crippen MR) is 86.9 cm³/mol. The molecule has 0 aromatic carbocycles. The fourth-order valence-corrected chi connectivity index (χ4v) is 3.62. The smallest absolute Gasteiger partial charge is 0.303 e. The third-order valence-electron chi connectivity index (χ3n) is 3.91. The van der Waals surface area contributed by atoms with Gasteiger partial charge in [0, 0.05) is 38.4 Å². The Labute approximate surface area is 136 Å². The molecule has 122 valence electrons. The van der Waals surface area contributed by atoms with Crippen LogP contribution in [0.1, 0.15) is 23.2 Å². The van der Waals surface area contributed by atoms with Crippen LogP contribution in [0.15, 0.2) is 23.8 Å². The van der Waals surface area contributed by atoms with Crippen molar-refractivity contribution in [3.8, 4) is 0 Å². The van der Waals surface area contributed by atoms with E-state index in [0.717, 1.165) is 12.8 Å². The van der Waals surface area contributed by atoms with Gasteiger partial charge in [-0.15, -0.1) is 11.3 Å². The van der Waals surface area contributed by atoms with Crippen molar-refractivity contribution in [2.75, 3.05) is 18.0 Å². The van der Waals surface area contributed by atoms with E-state index < -0.39 is 0 Å². The number of piperidine rings is 1. The Kier molecular flexibility index (Phi) is 4.28. The number of carbonyl (C=O) groups is 1. The van der Waals surface area contributed by atoms with Gasteiger partial charge in [-0.1, -0.05) is 0 Å². The molecule has 0 unspecified atom stereocenters. The van der Waals surface area contributed by atoms with Gasteiger partial charge in [0.2, 0.25) is 0 Å². The zero-order valence-electron chi connectivity index (χ0n) is 12.6. The van der Waals surface area contributed by atoms with Crippen molar-refractivity contribution in [3.63, 3.8) is 0 Å². The first-order chi connectivity index (χ1) is 11.0. The van der Waals surface area contributed by atoms with Crippen LogP contribution in [0.2, 0.25) is 0 Å². The highest BCUT2D eigenvalue weighted by Crippen LogP contribution is 2.35. The van der Waals surface area contributed by atoms with Crippen LogP contribution in [0.5, 0.6) is 0 Å². The number of aryl methyl sites for hydroxylation is 1. The molecule has 1 fully saturated rings. The zero-order valence-corrected chi connectivity index (χ0v) is 13.5. The summed E-state index contributed by atoms with van der Waals surface area (Å²) in [6.07, 6.45) is 4.75. The van der Waals surface area contributed by atoms with Crippen molar-refractivity contribution < 1.29 is 9.72 Å². The lowest BCUT2D eigenvalue weighted by atomic mass is 10.0. The Morgan fingerprint density at radius 2 is 2.22 bits per heavy atom. The van der Waals surface area contributed by atoms with Gasteiger partial charge in [0.1, 0.15) is 0 Å². The lowest BCUT2D eigenvalue weighted by Crippen LogP contribution is -2.44. The van der Waals surface area contributed by atoms with Gasteiger partial charge in [-0.05, 0) is 18.2 Å². The van der Waals surface area contributed by atoms with Crippen molar-refractivity contribution in [2.24, 2.45) is 7.05 Å². The maximum Gasteiger partial charge on any atom is 0.303 e. The molecule has 1 aliphatic rings. The number of anilines is 1. The van der Waals surface area contributed by atoms with Gasteiger partial charge in [-0.25, -0.2) is 0 Å². The number of hydrogen-bond donors (Lipinski definition) is 1. The molecule has 1 aliphatic heterocycles. The summed E-state index contributed by atoms with van der Waals surface area (Å²) in [6, 6.07) is 1.62. The minimum atomic E-state index is -0.345. The summed E-state index contributed by atoms with van der Waals surface area (Å²) in [5.41, 5.74) is 0.705. The van der Waals surface area contributed by atoms with Gasteiger partial charge < -0.3 is 10.2 Å². The second-order valence-corrected chi connectivity index (χ2v) is 6.40. The molecule has 23 heavy (non-hydrogen) atoms. The van der Waals surface area contributed by atoms with E-state index in [1.54, 1.807) is 29.5 Å². The highest BCUT2D eigenvalue weighted by atomic mass is 32.1. The van der Waals surface area contributed by atoms with E-state index in [2.05, 4.69) is 10.4 Å². The first kappa shape index (κ1) is 15.5. The largest absolute Gasteiger partial charge is 0.358 e. The number of aromatic nitrogens is 2. The van der Waals surface area contributed by atoms with Crippen molar-refractivity contribution >= 4 is 27.9 Å². The van der Waals surface area contributed by atoms with Gasteiger partial charge in [0.25, 0.3) is 5.91 Å². The summed E-state index contributed by atoms with van der Waals surface area (Å²) in [6.45, 7) is 1.39. The third kappa shape index (κ3) is 3.34. The van der Waals surface area contributed by atoms with Gasteiger partial charge in [0.05, 0.1) is 16.7 Å². The average molecular weight is 335 g/mol. The number of nitro groups is 1. The molecule has 1 N–H and O–H groups in total. The topological polar surface area (TPSA) is 93.3 Å². The molecule has 1 saturated heterocycles. The SMILES string of the molecule is Cn1cc(C(=O)NC2CCN(c3sccc3[N+](=O)[O-])CC2)cn1. The summed E-state index contributed by atoms with van der Waals surface area (Å²) in [5.74, 6) is -0.126. The van der Waals surface area contributed by atoms with E-state index in [1.165, 1.54) is 17.4 Å².